The highest BCUT2D eigenvalue weighted by molar-refractivity contribution is 7.13. The van der Waals surface area contributed by atoms with Crippen molar-refractivity contribution in [2.24, 2.45) is 4.99 Å². The van der Waals surface area contributed by atoms with Crippen LogP contribution in [-0.2, 0) is 13.1 Å². The molecule has 7 heteroatoms. The van der Waals surface area contributed by atoms with Gasteiger partial charge >= 0.3 is 0 Å². The molecule has 1 aromatic carbocycles. The van der Waals surface area contributed by atoms with E-state index < -0.39 is 0 Å². The molecule has 124 valence electrons. The van der Waals surface area contributed by atoms with Crippen LogP contribution in [0.3, 0.4) is 0 Å². The molecule has 0 aliphatic rings. The molecule has 0 aliphatic carbocycles. The molecule has 0 fully saturated rings. The number of rotatable bonds is 5. The SMILES string of the molecule is CN=C(NCc1ccc(Cl)cc1)NCc1coc(-c2cccs2)n1. The van der Waals surface area contributed by atoms with Gasteiger partial charge in [0.05, 0.1) is 17.1 Å². The van der Waals surface area contributed by atoms with Crippen molar-refractivity contribution in [1.82, 2.24) is 15.6 Å². The van der Waals surface area contributed by atoms with Crippen molar-refractivity contribution in [2.45, 2.75) is 13.1 Å². The molecule has 0 spiro atoms. The van der Waals surface area contributed by atoms with Crippen molar-refractivity contribution >= 4 is 28.9 Å². The monoisotopic (exact) mass is 360 g/mol. The highest BCUT2D eigenvalue weighted by Crippen LogP contribution is 2.23. The lowest BCUT2D eigenvalue weighted by atomic mass is 10.2. The van der Waals surface area contributed by atoms with Crippen molar-refractivity contribution in [3.05, 3.63) is 64.3 Å². The predicted octanol–water partition coefficient (Wildman–Crippen LogP) is 3.92. The van der Waals surface area contributed by atoms with Gasteiger partial charge in [-0.15, -0.1) is 11.3 Å². The highest BCUT2D eigenvalue weighted by atomic mass is 35.5. The number of benzene rings is 1. The number of aliphatic imine (C=N–C) groups is 1. The minimum atomic E-state index is 0.537. The maximum atomic E-state index is 5.89. The Balaban J connectivity index is 1.52. The van der Waals surface area contributed by atoms with E-state index in [0.717, 1.165) is 21.2 Å². The van der Waals surface area contributed by atoms with Gasteiger partial charge in [-0.3, -0.25) is 4.99 Å². The van der Waals surface area contributed by atoms with E-state index in [-0.39, 0.29) is 0 Å². The Morgan fingerprint density at radius 1 is 1.21 bits per heavy atom. The predicted molar refractivity (Wildman–Crippen MR) is 98.3 cm³/mol. The fraction of sp³-hybridized carbons (Fsp3) is 0.176. The Morgan fingerprint density at radius 2 is 2.00 bits per heavy atom. The van der Waals surface area contributed by atoms with Crippen LogP contribution in [0.4, 0.5) is 0 Å². The second-order valence-corrected chi connectivity index (χ2v) is 6.41. The quantitative estimate of drug-likeness (QED) is 0.534. The Morgan fingerprint density at radius 3 is 2.71 bits per heavy atom. The first-order valence-corrected chi connectivity index (χ1v) is 8.67. The summed E-state index contributed by atoms with van der Waals surface area (Å²) in [6, 6.07) is 11.7. The summed E-state index contributed by atoms with van der Waals surface area (Å²) >= 11 is 7.49. The van der Waals surface area contributed by atoms with E-state index in [1.807, 2.05) is 41.8 Å². The zero-order valence-corrected chi connectivity index (χ0v) is 14.7. The van der Waals surface area contributed by atoms with Crippen molar-refractivity contribution in [2.75, 3.05) is 7.05 Å². The molecule has 3 rings (SSSR count). The maximum absolute atomic E-state index is 5.89. The van der Waals surface area contributed by atoms with Crippen molar-refractivity contribution < 1.29 is 4.42 Å². The largest absolute Gasteiger partial charge is 0.443 e. The summed E-state index contributed by atoms with van der Waals surface area (Å²) in [5.74, 6) is 1.34. The van der Waals surface area contributed by atoms with E-state index in [0.29, 0.717) is 24.9 Å². The van der Waals surface area contributed by atoms with E-state index in [1.54, 1.807) is 24.6 Å². The van der Waals surface area contributed by atoms with Crippen LogP contribution in [0.25, 0.3) is 10.8 Å². The molecule has 0 saturated carbocycles. The first-order valence-electron chi connectivity index (χ1n) is 7.42. The third-order valence-electron chi connectivity index (χ3n) is 3.32. The number of thiophene rings is 1. The number of nitrogens with one attached hydrogen (secondary N) is 2. The summed E-state index contributed by atoms with van der Waals surface area (Å²) in [4.78, 5) is 9.70. The van der Waals surface area contributed by atoms with Crippen molar-refractivity contribution in [1.29, 1.82) is 0 Å². The number of aromatic nitrogens is 1. The second kappa shape index (κ2) is 7.99. The van der Waals surface area contributed by atoms with E-state index in [9.17, 15) is 0 Å². The minimum Gasteiger partial charge on any atom is -0.443 e. The van der Waals surface area contributed by atoms with Gasteiger partial charge in [-0.05, 0) is 29.1 Å². The van der Waals surface area contributed by atoms with Gasteiger partial charge in [0.15, 0.2) is 5.96 Å². The van der Waals surface area contributed by atoms with Crippen molar-refractivity contribution in [3.8, 4) is 10.8 Å². The molecule has 0 radical (unpaired) electrons. The summed E-state index contributed by atoms with van der Waals surface area (Å²) in [7, 11) is 1.73. The fourth-order valence-corrected chi connectivity index (χ4v) is 2.87. The van der Waals surface area contributed by atoms with Gasteiger partial charge in [0, 0.05) is 18.6 Å². The normalized spacial score (nSPS) is 11.5. The van der Waals surface area contributed by atoms with E-state index in [1.165, 1.54) is 0 Å². The lowest BCUT2D eigenvalue weighted by Gasteiger charge is -2.10. The van der Waals surface area contributed by atoms with Crippen molar-refractivity contribution in [3.63, 3.8) is 0 Å². The molecule has 0 aliphatic heterocycles. The Bertz CT molecular complexity index is 796. The molecule has 0 unspecified atom stereocenters. The molecule has 24 heavy (non-hydrogen) atoms. The van der Waals surface area contributed by atoms with Gasteiger partial charge in [-0.25, -0.2) is 4.98 Å². The molecular weight excluding hydrogens is 344 g/mol. The third-order valence-corrected chi connectivity index (χ3v) is 4.43. The maximum Gasteiger partial charge on any atom is 0.236 e. The molecule has 2 N–H and O–H groups in total. The smallest absolute Gasteiger partial charge is 0.236 e. The molecule has 0 amide bonds. The van der Waals surface area contributed by atoms with Gasteiger partial charge in [-0.1, -0.05) is 29.8 Å². The fourth-order valence-electron chi connectivity index (χ4n) is 2.08. The first kappa shape index (κ1) is 16.5. The van der Waals surface area contributed by atoms with Crippen LogP contribution in [0.1, 0.15) is 11.3 Å². The van der Waals surface area contributed by atoms with Gasteiger partial charge in [0.2, 0.25) is 5.89 Å². The highest BCUT2D eigenvalue weighted by Gasteiger charge is 2.08. The third kappa shape index (κ3) is 4.37. The van der Waals surface area contributed by atoms with Crippen LogP contribution in [0.5, 0.6) is 0 Å². The summed E-state index contributed by atoms with van der Waals surface area (Å²) in [6.07, 6.45) is 1.66. The second-order valence-electron chi connectivity index (χ2n) is 5.03. The molecule has 2 heterocycles. The standard InChI is InChI=1S/C17H17ClN4OS/c1-19-17(20-9-12-4-6-13(18)7-5-12)21-10-14-11-23-16(22-14)15-3-2-8-24-15/h2-8,11H,9-10H2,1H3,(H2,19,20,21). The van der Waals surface area contributed by atoms with Crippen LogP contribution in [0, 0.1) is 0 Å². The first-order chi connectivity index (χ1) is 11.7. The van der Waals surface area contributed by atoms with Crippen LogP contribution in [0.15, 0.2) is 57.5 Å². The summed E-state index contributed by atoms with van der Waals surface area (Å²) in [6.45, 7) is 1.20. The molecule has 0 atom stereocenters. The van der Waals surface area contributed by atoms with Gasteiger partial charge < -0.3 is 15.1 Å². The summed E-state index contributed by atoms with van der Waals surface area (Å²) in [5.41, 5.74) is 1.96. The van der Waals surface area contributed by atoms with E-state index in [4.69, 9.17) is 16.0 Å². The Labute approximate surface area is 149 Å². The van der Waals surface area contributed by atoms with E-state index in [2.05, 4.69) is 20.6 Å². The number of halogens is 1. The lowest BCUT2D eigenvalue weighted by molar-refractivity contribution is 0.573. The topological polar surface area (TPSA) is 62.5 Å². The molecule has 0 saturated heterocycles. The average molecular weight is 361 g/mol. The van der Waals surface area contributed by atoms with Gasteiger partial charge in [0.1, 0.15) is 6.26 Å². The average Bonchev–Trinajstić information content (AvgIpc) is 3.28. The molecule has 3 aromatic rings. The number of hydrogen-bond acceptors (Lipinski definition) is 4. The van der Waals surface area contributed by atoms with Crippen LogP contribution in [-0.4, -0.2) is 18.0 Å². The Hall–Kier alpha value is -2.31. The molecular formula is C17H17ClN4OS. The number of oxazole rings is 1. The van der Waals surface area contributed by atoms with E-state index >= 15 is 0 Å². The summed E-state index contributed by atoms with van der Waals surface area (Å²) in [5, 5.41) is 9.20. The minimum absolute atomic E-state index is 0.537. The Kier molecular flexibility index (Phi) is 5.51. The molecule has 5 nitrogen and oxygen atoms in total. The van der Waals surface area contributed by atoms with Crippen LogP contribution in [0.2, 0.25) is 5.02 Å². The zero-order valence-electron chi connectivity index (χ0n) is 13.1. The van der Waals surface area contributed by atoms with Crippen LogP contribution < -0.4 is 10.6 Å². The molecule has 0 bridgehead atoms. The molecule has 2 aromatic heterocycles. The number of hydrogen-bond donors (Lipinski definition) is 2. The number of guanidine groups is 1. The van der Waals surface area contributed by atoms with Gasteiger partial charge in [-0.2, -0.15) is 0 Å². The summed E-state index contributed by atoms with van der Waals surface area (Å²) < 4.78 is 5.50. The lowest BCUT2D eigenvalue weighted by Crippen LogP contribution is -2.36. The number of nitrogens with zero attached hydrogens (tertiary/aromatic N) is 2. The zero-order chi connectivity index (χ0) is 16.8. The van der Waals surface area contributed by atoms with Crippen LogP contribution >= 0.6 is 22.9 Å². The van der Waals surface area contributed by atoms with Gasteiger partial charge in [0.25, 0.3) is 0 Å².